The number of aryl methyl sites for hydroxylation is 1. The van der Waals surface area contributed by atoms with Gasteiger partial charge in [-0.3, -0.25) is 0 Å². The zero-order chi connectivity index (χ0) is 11.9. The van der Waals surface area contributed by atoms with Crippen molar-refractivity contribution >= 4 is 5.69 Å². The van der Waals surface area contributed by atoms with E-state index in [1.807, 2.05) is 24.3 Å². The van der Waals surface area contributed by atoms with Crippen LogP contribution in [0, 0.1) is 0 Å². The van der Waals surface area contributed by atoms with Crippen molar-refractivity contribution < 1.29 is 4.42 Å². The van der Waals surface area contributed by atoms with Crippen molar-refractivity contribution in [3.8, 4) is 0 Å². The highest BCUT2D eigenvalue weighted by Gasteiger charge is 1.95. The van der Waals surface area contributed by atoms with Gasteiger partial charge in [0.25, 0.3) is 0 Å². The third kappa shape index (κ3) is 3.96. The lowest BCUT2D eigenvalue weighted by Gasteiger charge is -2.04. The molecule has 3 heteroatoms. The summed E-state index contributed by atoms with van der Waals surface area (Å²) in [5, 5.41) is 3.38. The number of hydrogen-bond acceptors (Lipinski definition) is 3. The second-order valence-electron chi connectivity index (χ2n) is 4.16. The monoisotopic (exact) mass is 230 g/mol. The van der Waals surface area contributed by atoms with E-state index >= 15 is 0 Å². The number of hydrogen-bond donors (Lipinski definition) is 2. The second kappa shape index (κ2) is 6.11. The van der Waals surface area contributed by atoms with Crippen LogP contribution in [0.3, 0.4) is 0 Å². The number of anilines is 1. The van der Waals surface area contributed by atoms with E-state index in [0.717, 1.165) is 31.6 Å². The maximum atomic E-state index is 5.73. The molecule has 0 atom stereocenters. The molecule has 1 aromatic heterocycles. The molecule has 3 N–H and O–H groups in total. The summed E-state index contributed by atoms with van der Waals surface area (Å²) in [4.78, 5) is 0. The standard InChI is InChI=1S/C14H18N2O/c15-14-5-1-3-12(9-14)4-2-7-16-10-13-6-8-17-11-13/h1,3,5-6,8-9,11,16H,2,4,7,10,15H2. The minimum atomic E-state index is 0.842. The van der Waals surface area contributed by atoms with Crippen LogP contribution in [0.2, 0.25) is 0 Å². The Hall–Kier alpha value is -1.74. The Morgan fingerprint density at radius 2 is 2.12 bits per heavy atom. The quantitative estimate of drug-likeness (QED) is 0.592. The molecule has 2 aromatic rings. The van der Waals surface area contributed by atoms with Crippen LogP contribution >= 0.6 is 0 Å². The largest absolute Gasteiger partial charge is 0.472 e. The molecule has 1 aromatic carbocycles. The minimum absolute atomic E-state index is 0.842. The van der Waals surface area contributed by atoms with Crippen LogP contribution in [0.1, 0.15) is 17.5 Å². The average Bonchev–Trinajstić information content (AvgIpc) is 2.82. The molecular weight excluding hydrogens is 212 g/mol. The Balaban J connectivity index is 1.63. The van der Waals surface area contributed by atoms with Crippen LogP contribution in [0.4, 0.5) is 5.69 Å². The summed E-state index contributed by atoms with van der Waals surface area (Å²) in [5.41, 5.74) is 9.06. The van der Waals surface area contributed by atoms with E-state index in [1.54, 1.807) is 12.5 Å². The first-order valence-corrected chi connectivity index (χ1v) is 5.91. The SMILES string of the molecule is Nc1cccc(CCCNCc2ccoc2)c1. The molecule has 90 valence electrons. The molecule has 0 saturated carbocycles. The molecule has 0 bridgehead atoms. The molecule has 0 unspecified atom stereocenters. The third-order valence-corrected chi connectivity index (χ3v) is 2.68. The topological polar surface area (TPSA) is 51.2 Å². The Kier molecular flexibility index (Phi) is 4.22. The molecule has 0 saturated heterocycles. The van der Waals surface area contributed by atoms with Gasteiger partial charge < -0.3 is 15.5 Å². The first-order valence-electron chi connectivity index (χ1n) is 5.91. The minimum Gasteiger partial charge on any atom is -0.472 e. The lowest BCUT2D eigenvalue weighted by Crippen LogP contribution is -2.14. The Morgan fingerprint density at radius 3 is 2.88 bits per heavy atom. The number of furan rings is 1. The van der Waals surface area contributed by atoms with Gasteiger partial charge in [-0.15, -0.1) is 0 Å². The van der Waals surface area contributed by atoms with E-state index in [-0.39, 0.29) is 0 Å². The van der Waals surface area contributed by atoms with Crippen molar-refractivity contribution in [2.45, 2.75) is 19.4 Å². The van der Waals surface area contributed by atoms with E-state index in [9.17, 15) is 0 Å². The molecule has 17 heavy (non-hydrogen) atoms. The Bertz CT molecular complexity index is 437. The summed E-state index contributed by atoms with van der Waals surface area (Å²) in [5.74, 6) is 0. The van der Waals surface area contributed by atoms with Crippen molar-refractivity contribution in [3.05, 3.63) is 54.0 Å². The predicted molar refractivity (Wildman–Crippen MR) is 69.6 cm³/mol. The fourth-order valence-corrected chi connectivity index (χ4v) is 1.79. The highest BCUT2D eigenvalue weighted by molar-refractivity contribution is 5.40. The molecule has 0 spiro atoms. The van der Waals surface area contributed by atoms with Gasteiger partial charge in [-0.2, -0.15) is 0 Å². The summed E-state index contributed by atoms with van der Waals surface area (Å²) < 4.78 is 5.00. The molecule has 0 amide bonds. The number of nitrogen functional groups attached to an aromatic ring is 1. The molecule has 2 rings (SSSR count). The van der Waals surface area contributed by atoms with E-state index in [4.69, 9.17) is 10.2 Å². The summed E-state index contributed by atoms with van der Waals surface area (Å²) in [6, 6.07) is 10.1. The zero-order valence-electron chi connectivity index (χ0n) is 9.86. The van der Waals surface area contributed by atoms with Crippen LogP contribution in [0.15, 0.2) is 47.3 Å². The van der Waals surface area contributed by atoms with Crippen molar-refractivity contribution in [1.82, 2.24) is 5.32 Å². The Morgan fingerprint density at radius 1 is 1.18 bits per heavy atom. The summed E-state index contributed by atoms with van der Waals surface area (Å²) >= 11 is 0. The smallest absolute Gasteiger partial charge is 0.0947 e. The van der Waals surface area contributed by atoms with Gasteiger partial charge in [0.2, 0.25) is 0 Å². The van der Waals surface area contributed by atoms with Gasteiger partial charge in [-0.1, -0.05) is 12.1 Å². The van der Waals surface area contributed by atoms with Gasteiger partial charge in [0.15, 0.2) is 0 Å². The van der Waals surface area contributed by atoms with Gasteiger partial charge in [0, 0.05) is 17.8 Å². The van der Waals surface area contributed by atoms with Crippen molar-refractivity contribution in [3.63, 3.8) is 0 Å². The molecule has 1 heterocycles. The summed E-state index contributed by atoms with van der Waals surface area (Å²) in [6.45, 7) is 1.87. The lowest BCUT2D eigenvalue weighted by atomic mass is 10.1. The zero-order valence-corrected chi connectivity index (χ0v) is 9.86. The highest BCUT2D eigenvalue weighted by Crippen LogP contribution is 2.08. The molecule has 0 radical (unpaired) electrons. The number of nitrogens with one attached hydrogen (secondary N) is 1. The van der Waals surface area contributed by atoms with E-state index in [0.29, 0.717) is 0 Å². The fraction of sp³-hybridized carbons (Fsp3) is 0.286. The molecule has 0 aliphatic heterocycles. The fourth-order valence-electron chi connectivity index (χ4n) is 1.79. The van der Waals surface area contributed by atoms with Gasteiger partial charge in [-0.05, 0) is 43.1 Å². The van der Waals surface area contributed by atoms with Crippen LogP contribution in [-0.4, -0.2) is 6.54 Å². The summed E-state index contributed by atoms with van der Waals surface area (Å²) in [7, 11) is 0. The maximum absolute atomic E-state index is 5.73. The van der Waals surface area contributed by atoms with Crippen LogP contribution < -0.4 is 11.1 Å². The van der Waals surface area contributed by atoms with Crippen LogP contribution in [-0.2, 0) is 13.0 Å². The number of nitrogens with two attached hydrogens (primary N) is 1. The third-order valence-electron chi connectivity index (χ3n) is 2.68. The van der Waals surface area contributed by atoms with Gasteiger partial charge in [-0.25, -0.2) is 0 Å². The number of rotatable bonds is 6. The van der Waals surface area contributed by atoms with Gasteiger partial charge in [0.1, 0.15) is 0 Å². The lowest BCUT2D eigenvalue weighted by molar-refractivity contribution is 0.559. The van der Waals surface area contributed by atoms with Crippen molar-refractivity contribution in [2.24, 2.45) is 0 Å². The second-order valence-corrected chi connectivity index (χ2v) is 4.16. The average molecular weight is 230 g/mol. The molecule has 0 fully saturated rings. The van der Waals surface area contributed by atoms with Crippen molar-refractivity contribution in [2.75, 3.05) is 12.3 Å². The van der Waals surface area contributed by atoms with Gasteiger partial charge in [0.05, 0.1) is 12.5 Å². The van der Waals surface area contributed by atoms with E-state index in [2.05, 4.69) is 11.4 Å². The molecule has 3 nitrogen and oxygen atoms in total. The van der Waals surface area contributed by atoms with Crippen molar-refractivity contribution in [1.29, 1.82) is 0 Å². The molecular formula is C14H18N2O. The molecule has 0 aliphatic carbocycles. The summed E-state index contributed by atoms with van der Waals surface area (Å²) in [6.07, 6.45) is 5.64. The van der Waals surface area contributed by atoms with E-state index < -0.39 is 0 Å². The maximum Gasteiger partial charge on any atom is 0.0947 e. The Labute approximate surface area is 102 Å². The van der Waals surface area contributed by atoms with E-state index in [1.165, 1.54) is 11.1 Å². The first-order chi connectivity index (χ1) is 8.34. The van der Waals surface area contributed by atoms with Crippen LogP contribution in [0.25, 0.3) is 0 Å². The van der Waals surface area contributed by atoms with Crippen LogP contribution in [0.5, 0.6) is 0 Å². The first kappa shape index (κ1) is 11.7. The number of benzene rings is 1. The van der Waals surface area contributed by atoms with Gasteiger partial charge >= 0.3 is 0 Å². The highest BCUT2D eigenvalue weighted by atomic mass is 16.3. The predicted octanol–water partition coefficient (Wildman–Crippen LogP) is 2.58. The molecule has 0 aliphatic rings. The normalized spacial score (nSPS) is 10.6.